The molecule has 0 fully saturated rings. The van der Waals surface area contributed by atoms with Crippen LogP contribution in [0.2, 0.25) is 0 Å². The fourth-order valence-electron chi connectivity index (χ4n) is 5.41. The van der Waals surface area contributed by atoms with Gasteiger partial charge in [0.1, 0.15) is 24.0 Å². The van der Waals surface area contributed by atoms with Crippen LogP contribution in [0.15, 0.2) is 153 Å². The third-order valence-electron chi connectivity index (χ3n) is 8.34. The van der Waals surface area contributed by atoms with Crippen molar-refractivity contribution in [2.45, 2.75) is 34.7 Å². The first-order chi connectivity index (χ1) is 25.4. The van der Waals surface area contributed by atoms with Crippen LogP contribution in [-0.2, 0) is 14.1 Å². The van der Waals surface area contributed by atoms with Crippen molar-refractivity contribution in [3.8, 4) is 45.2 Å². The number of thioether (sulfide) groups is 2. The van der Waals surface area contributed by atoms with Gasteiger partial charge < -0.3 is 18.2 Å². The first-order valence-corrected chi connectivity index (χ1v) is 18.4. The van der Waals surface area contributed by atoms with E-state index in [-0.39, 0.29) is 10.5 Å². The van der Waals surface area contributed by atoms with E-state index in [1.54, 1.807) is 36.2 Å². The molecule has 0 saturated heterocycles. The molecular weight excluding hydrogens is 689 g/mol. The molecule has 0 unspecified atom stereocenters. The molecule has 0 bridgehead atoms. The Hall–Kier alpha value is -5.72. The third kappa shape index (κ3) is 8.25. The molecule has 4 aromatic heterocycles. The summed E-state index contributed by atoms with van der Waals surface area (Å²) in [4.78, 5) is 0. The zero-order chi connectivity index (χ0) is 35.9. The summed E-state index contributed by atoms with van der Waals surface area (Å²) in [5.74, 6) is 1.53. The van der Waals surface area contributed by atoms with Gasteiger partial charge in [-0.25, -0.2) is 0 Å². The Bertz CT molecular complexity index is 2180. The van der Waals surface area contributed by atoms with Gasteiger partial charge in [-0.15, -0.1) is 20.4 Å². The molecule has 0 saturated carbocycles. The monoisotopic (exact) mass is 724 g/mol. The van der Waals surface area contributed by atoms with Crippen LogP contribution in [0.1, 0.15) is 35.5 Å². The quantitative estimate of drug-likeness (QED) is 0.126. The van der Waals surface area contributed by atoms with Crippen LogP contribution >= 0.6 is 23.5 Å². The molecule has 4 heterocycles. The highest BCUT2D eigenvalue weighted by Crippen LogP contribution is 2.37. The lowest BCUT2D eigenvalue weighted by molar-refractivity contribution is 0.435. The summed E-state index contributed by atoms with van der Waals surface area (Å²) >= 11 is 3.36. The first kappa shape index (κ1) is 34.7. The summed E-state index contributed by atoms with van der Waals surface area (Å²) in [6, 6.07) is 40.7. The van der Waals surface area contributed by atoms with Gasteiger partial charge in [-0.2, -0.15) is 0 Å². The van der Waals surface area contributed by atoms with E-state index < -0.39 is 0 Å². The second-order valence-corrected chi connectivity index (χ2v) is 14.7. The molecule has 2 atom stereocenters. The topological polar surface area (TPSA) is 113 Å². The van der Waals surface area contributed by atoms with Crippen LogP contribution in [0.4, 0.5) is 0 Å². The number of rotatable bonds is 10. The highest BCUT2D eigenvalue weighted by molar-refractivity contribution is 7.99. The van der Waals surface area contributed by atoms with Crippen molar-refractivity contribution in [2.75, 3.05) is 0 Å². The normalized spacial score (nSPS) is 12.2. The van der Waals surface area contributed by atoms with Gasteiger partial charge in [0.2, 0.25) is 0 Å². The highest BCUT2D eigenvalue weighted by Gasteiger charge is 2.16. The van der Waals surface area contributed by atoms with Crippen molar-refractivity contribution in [1.82, 2.24) is 39.8 Å². The van der Waals surface area contributed by atoms with Gasteiger partial charge in [-0.05, 0) is 37.1 Å². The molecule has 0 amide bonds. The van der Waals surface area contributed by atoms with Crippen LogP contribution < -0.4 is 0 Å². The van der Waals surface area contributed by atoms with E-state index in [0.29, 0.717) is 0 Å². The van der Waals surface area contributed by atoms with Gasteiger partial charge in [0.25, 0.3) is 0 Å². The van der Waals surface area contributed by atoms with Crippen LogP contribution in [-0.4, -0.2) is 39.8 Å². The number of hydrogen-bond acceptors (Lipinski definition) is 10. The second kappa shape index (κ2) is 16.1. The third-order valence-corrected chi connectivity index (χ3v) is 10.8. The number of aryl methyl sites for hydroxylation is 2. The molecular formula is C40H36N8O2S2. The Morgan fingerprint density at radius 2 is 0.904 bits per heavy atom. The summed E-state index contributed by atoms with van der Waals surface area (Å²) in [6.45, 7) is 4.32. The average molecular weight is 725 g/mol. The van der Waals surface area contributed by atoms with Crippen molar-refractivity contribution >= 4 is 23.5 Å². The minimum Gasteiger partial charge on any atom is -0.356 e. The van der Waals surface area contributed by atoms with Crippen molar-refractivity contribution < 1.29 is 9.05 Å². The van der Waals surface area contributed by atoms with Crippen molar-refractivity contribution in [3.63, 3.8) is 0 Å². The Morgan fingerprint density at radius 3 is 1.29 bits per heavy atom. The van der Waals surface area contributed by atoms with Crippen LogP contribution in [0.25, 0.3) is 45.2 Å². The minimum atomic E-state index is 0.245. The lowest BCUT2D eigenvalue weighted by Crippen LogP contribution is -1.94. The summed E-state index contributed by atoms with van der Waals surface area (Å²) < 4.78 is 15.0. The van der Waals surface area contributed by atoms with Gasteiger partial charge in [0.05, 0.1) is 0 Å². The summed E-state index contributed by atoms with van der Waals surface area (Å²) in [5, 5.41) is 26.9. The Kier molecular flexibility index (Phi) is 10.7. The number of hydrogen-bond donors (Lipinski definition) is 0. The Labute approximate surface area is 310 Å². The molecule has 52 heavy (non-hydrogen) atoms. The zero-order valence-corrected chi connectivity index (χ0v) is 30.7. The molecule has 0 spiro atoms. The molecule has 10 nitrogen and oxygen atoms in total. The second-order valence-electron chi connectivity index (χ2n) is 12.1. The molecule has 0 N–H and O–H groups in total. The standard InChI is InChI=1S/2C20H18N4OS/c2*1-14(26-20-22-21-13-24(20)2)16-9-6-10-17(11-16)19-12-18(23-25-19)15-7-4-3-5-8-15/h2*3-14H,1-2H3/t2*14-/m10/s1. The van der Waals surface area contributed by atoms with Gasteiger partial charge >= 0.3 is 0 Å². The van der Waals surface area contributed by atoms with Crippen molar-refractivity contribution in [2.24, 2.45) is 14.1 Å². The smallest absolute Gasteiger partial charge is 0.191 e. The molecule has 12 heteroatoms. The maximum absolute atomic E-state index is 5.58. The molecule has 8 aromatic rings. The van der Waals surface area contributed by atoms with E-state index in [4.69, 9.17) is 9.05 Å². The highest BCUT2D eigenvalue weighted by atomic mass is 32.2. The van der Waals surface area contributed by atoms with Gasteiger partial charge in [0, 0.05) is 59.0 Å². The Balaban J connectivity index is 0.000000162. The molecule has 0 aliphatic heterocycles. The number of benzene rings is 4. The fourth-order valence-corrected chi connectivity index (χ4v) is 7.23. The first-order valence-electron chi connectivity index (χ1n) is 16.7. The van der Waals surface area contributed by atoms with Crippen LogP contribution in [0.5, 0.6) is 0 Å². The average Bonchev–Trinajstić information content (AvgIpc) is 4.03. The van der Waals surface area contributed by atoms with E-state index in [9.17, 15) is 0 Å². The van der Waals surface area contributed by atoms with Gasteiger partial charge in [-0.1, -0.05) is 131 Å². The maximum atomic E-state index is 5.58. The largest absolute Gasteiger partial charge is 0.356 e. The lowest BCUT2D eigenvalue weighted by atomic mass is 10.1. The minimum absolute atomic E-state index is 0.245. The summed E-state index contributed by atoms with van der Waals surface area (Å²) in [7, 11) is 3.90. The fraction of sp³-hybridized carbons (Fsp3) is 0.150. The van der Waals surface area contributed by atoms with Crippen LogP contribution in [0, 0.1) is 0 Å². The molecule has 8 rings (SSSR count). The van der Waals surface area contributed by atoms with Crippen molar-refractivity contribution in [1.29, 1.82) is 0 Å². The van der Waals surface area contributed by atoms with E-state index in [1.807, 2.05) is 120 Å². The van der Waals surface area contributed by atoms with E-state index in [1.165, 1.54) is 11.1 Å². The summed E-state index contributed by atoms with van der Waals surface area (Å²) in [5.41, 5.74) is 8.21. The number of aromatic nitrogens is 8. The predicted octanol–water partition coefficient (Wildman–Crippen LogP) is 9.98. The molecule has 4 aromatic carbocycles. The summed E-state index contributed by atoms with van der Waals surface area (Å²) in [6.07, 6.45) is 3.43. The molecule has 0 radical (unpaired) electrons. The molecule has 0 aliphatic carbocycles. The van der Waals surface area contributed by atoms with E-state index >= 15 is 0 Å². The van der Waals surface area contributed by atoms with E-state index in [2.05, 4.69) is 68.8 Å². The predicted molar refractivity (Wildman–Crippen MR) is 205 cm³/mol. The lowest BCUT2D eigenvalue weighted by Gasteiger charge is -2.11. The van der Waals surface area contributed by atoms with Gasteiger partial charge in [-0.3, -0.25) is 0 Å². The van der Waals surface area contributed by atoms with E-state index in [0.717, 1.165) is 55.5 Å². The maximum Gasteiger partial charge on any atom is 0.191 e. The number of nitrogens with zero attached hydrogens (tertiary/aromatic N) is 8. The molecule has 260 valence electrons. The van der Waals surface area contributed by atoms with Crippen LogP contribution in [0.3, 0.4) is 0 Å². The SMILES string of the molecule is C[C@@H](Sc1nncn1C)c1cccc(-c2cc(-c3ccccc3)no2)c1.C[C@H](Sc1nncn1C)c1cccc(-c2cc(-c3ccccc3)no2)c1. The zero-order valence-electron chi connectivity index (χ0n) is 29.1. The molecule has 0 aliphatic rings. The van der Waals surface area contributed by atoms with Crippen molar-refractivity contribution in [3.05, 3.63) is 145 Å². The van der Waals surface area contributed by atoms with Gasteiger partial charge in [0.15, 0.2) is 21.8 Å². The Morgan fingerprint density at radius 1 is 0.500 bits per heavy atom.